The maximum absolute atomic E-state index is 14.0. The summed E-state index contributed by atoms with van der Waals surface area (Å²) in [6.07, 6.45) is 5.39. The fourth-order valence-corrected chi connectivity index (χ4v) is 6.76. The van der Waals surface area contributed by atoms with Gasteiger partial charge in [-0.25, -0.2) is 9.59 Å². The standard InChI is InChI=1S/C32H44N4O7/c1-20(2)27(37)33-25-13-7-5-3-4-6-12-23-17-32(23,30(40)41)34-28(38)26-16-24(19-36(26)29(25)39)43-31(42)35-15-14-21-10-8-9-11-22(21)18-35/h8-11,20,23-26H,3-7,12-19H2,1-2H3,(H,33,37)(H,34,38)(H,40,41)/t23-,24-,25+,26+,32-/m1/s1. The Morgan fingerprint density at radius 3 is 2.47 bits per heavy atom. The highest BCUT2D eigenvalue weighted by Gasteiger charge is 2.62. The predicted molar refractivity (Wildman–Crippen MR) is 157 cm³/mol. The van der Waals surface area contributed by atoms with Gasteiger partial charge in [0.15, 0.2) is 0 Å². The van der Waals surface area contributed by atoms with Gasteiger partial charge in [0.1, 0.15) is 23.7 Å². The molecule has 3 N–H and O–H groups in total. The van der Waals surface area contributed by atoms with Gasteiger partial charge in [-0.1, -0.05) is 70.2 Å². The highest BCUT2D eigenvalue weighted by molar-refractivity contribution is 5.96. The minimum absolute atomic E-state index is 0.00929. The smallest absolute Gasteiger partial charge is 0.410 e. The molecule has 3 fully saturated rings. The minimum atomic E-state index is -1.34. The molecule has 0 bridgehead atoms. The van der Waals surface area contributed by atoms with Crippen LogP contribution in [0.3, 0.4) is 0 Å². The Kier molecular flexibility index (Phi) is 9.27. The number of nitrogens with one attached hydrogen (secondary N) is 2. The molecule has 4 amide bonds. The van der Waals surface area contributed by atoms with E-state index in [1.807, 2.05) is 24.3 Å². The van der Waals surface area contributed by atoms with Crippen molar-refractivity contribution in [3.8, 4) is 0 Å². The number of fused-ring (bicyclic) bond motifs is 3. The van der Waals surface area contributed by atoms with Gasteiger partial charge in [0.2, 0.25) is 17.7 Å². The first-order chi connectivity index (χ1) is 20.6. The van der Waals surface area contributed by atoms with Crippen LogP contribution in [0.1, 0.15) is 82.8 Å². The monoisotopic (exact) mass is 596 g/mol. The molecule has 3 heterocycles. The molecule has 2 saturated heterocycles. The second kappa shape index (κ2) is 12.9. The minimum Gasteiger partial charge on any atom is -0.479 e. The Balaban J connectivity index is 1.36. The molecule has 5 atom stereocenters. The molecule has 1 aliphatic carbocycles. The maximum Gasteiger partial charge on any atom is 0.410 e. The third kappa shape index (κ3) is 6.80. The van der Waals surface area contributed by atoms with Crippen molar-refractivity contribution < 1.29 is 33.8 Å². The summed E-state index contributed by atoms with van der Waals surface area (Å²) in [5.41, 5.74) is 0.912. The van der Waals surface area contributed by atoms with Gasteiger partial charge in [0.25, 0.3) is 0 Å². The van der Waals surface area contributed by atoms with Crippen molar-refractivity contribution in [1.82, 2.24) is 20.4 Å². The normalized spacial score (nSPS) is 29.7. The number of carboxylic acids is 1. The van der Waals surface area contributed by atoms with E-state index in [9.17, 15) is 29.1 Å². The SMILES string of the molecule is CC(C)C(=O)N[C@H]1CCCCCCC[C@@H]2C[C@@]2(C(=O)O)NC(=O)[C@@H]2C[C@@H](OC(=O)N3CCc4ccccc4C3)CN2C1=O. The summed E-state index contributed by atoms with van der Waals surface area (Å²) in [4.78, 5) is 69.0. The molecule has 0 spiro atoms. The number of benzene rings is 1. The van der Waals surface area contributed by atoms with Crippen LogP contribution in [0.2, 0.25) is 0 Å². The Morgan fingerprint density at radius 2 is 1.74 bits per heavy atom. The molecule has 234 valence electrons. The largest absolute Gasteiger partial charge is 0.479 e. The Hall–Kier alpha value is -3.63. The van der Waals surface area contributed by atoms with Crippen molar-refractivity contribution in [2.24, 2.45) is 11.8 Å². The van der Waals surface area contributed by atoms with Crippen LogP contribution in [0, 0.1) is 11.8 Å². The number of carbonyl (C=O) groups is 5. The van der Waals surface area contributed by atoms with Gasteiger partial charge < -0.3 is 30.3 Å². The molecule has 0 unspecified atom stereocenters. The molecule has 3 aliphatic heterocycles. The average molecular weight is 597 g/mol. The Morgan fingerprint density at radius 1 is 1.05 bits per heavy atom. The number of carbonyl (C=O) groups excluding carboxylic acids is 4. The molecular weight excluding hydrogens is 552 g/mol. The molecule has 4 aliphatic rings. The third-order valence-corrected chi connectivity index (χ3v) is 9.52. The highest BCUT2D eigenvalue weighted by atomic mass is 16.6. The van der Waals surface area contributed by atoms with E-state index < -0.39 is 47.6 Å². The van der Waals surface area contributed by atoms with Gasteiger partial charge in [0.05, 0.1) is 6.54 Å². The van der Waals surface area contributed by atoms with Crippen molar-refractivity contribution in [1.29, 1.82) is 0 Å². The molecule has 1 aromatic rings. The van der Waals surface area contributed by atoms with Gasteiger partial charge in [-0.3, -0.25) is 14.4 Å². The number of rotatable bonds is 4. The second-order valence-corrected chi connectivity index (χ2v) is 12.9. The van der Waals surface area contributed by atoms with E-state index in [1.165, 1.54) is 10.5 Å². The number of ether oxygens (including phenoxy) is 1. The van der Waals surface area contributed by atoms with Gasteiger partial charge >= 0.3 is 12.1 Å². The zero-order chi connectivity index (χ0) is 30.7. The van der Waals surface area contributed by atoms with E-state index in [4.69, 9.17) is 4.74 Å². The van der Waals surface area contributed by atoms with Crippen molar-refractivity contribution in [2.75, 3.05) is 13.1 Å². The van der Waals surface area contributed by atoms with Crippen molar-refractivity contribution in [3.63, 3.8) is 0 Å². The third-order valence-electron chi connectivity index (χ3n) is 9.52. The van der Waals surface area contributed by atoms with Crippen molar-refractivity contribution in [3.05, 3.63) is 35.4 Å². The number of amides is 4. The molecule has 11 heteroatoms. The fraction of sp³-hybridized carbons (Fsp3) is 0.656. The second-order valence-electron chi connectivity index (χ2n) is 12.9. The Bertz CT molecular complexity index is 1250. The topological polar surface area (TPSA) is 145 Å². The number of hydrogen-bond donors (Lipinski definition) is 3. The van der Waals surface area contributed by atoms with Crippen LogP contribution in [0.15, 0.2) is 24.3 Å². The average Bonchev–Trinajstić information content (AvgIpc) is 3.52. The number of nitrogens with zero attached hydrogens (tertiary/aromatic N) is 2. The summed E-state index contributed by atoms with van der Waals surface area (Å²) in [5, 5.41) is 15.7. The molecule has 0 aromatic heterocycles. The van der Waals surface area contributed by atoms with Gasteiger partial charge in [-0.15, -0.1) is 0 Å². The molecule has 1 aromatic carbocycles. The van der Waals surface area contributed by atoms with Crippen molar-refractivity contribution in [2.45, 2.75) is 108 Å². The van der Waals surface area contributed by atoms with E-state index in [0.29, 0.717) is 38.8 Å². The van der Waals surface area contributed by atoms with Gasteiger partial charge in [0, 0.05) is 25.4 Å². The zero-order valence-electron chi connectivity index (χ0n) is 25.2. The lowest BCUT2D eigenvalue weighted by Gasteiger charge is -2.30. The summed E-state index contributed by atoms with van der Waals surface area (Å²) in [7, 11) is 0. The van der Waals surface area contributed by atoms with Crippen LogP contribution in [0.5, 0.6) is 0 Å². The predicted octanol–water partition coefficient (Wildman–Crippen LogP) is 3.00. The summed E-state index contributed by atoms with van der Waals surface area (Å²) in [5.74, 6) is -2.78. The van der Waals surface area contributed by atoms with Crippen LogP contribution in [-0.2, 0) is 36.9 Å². The summed E-state index contributed by atoms with van der Waals surface area (Å²) in [6.45, 7) is 4.42. The number of hydrogen-bond acceptors (Lipinski definition) is 6. The summed E-state index contributed by atoms with van der Waals surface area (Å²) in [6, 6.07) is 6.09. The molecule has 11 nitrogen and oxygen atoms in total. The van der Waals surface area contributed by atoms with E-state index in [0.717, 1.165) is 37.7 Å². The molecular formula is C32H44N4O7. The Labute approximate surface area is 252 Å². The number of carboxylic acid groups (broad SMARTS) is 1. The molecule has 5 rings (SSSR count). The molecule has 0 radical (unpaired) electrons. The van der Waals surface area contributed by atoms with Crippen LogP contribution in [0.4, 0.5) is 4.79 Å². The highest BCUT2D eigenvalue weighted by Crippen LogP contribution is 2.47. The summed E-state index contributed by atoms with van der Waals surface area (Å²) >= 11 is 0. The maximum atomic E-state index is 14.0. The number of aliphatic carboxylic acids is 1. The van der Waals surface area contributed by atoms with Gasteiger partial charge in [-0.2, -0.15) is 0 Å². The lowest BCUT2D eigenvalue weighted by atomic mass is 10.0. The lowest BCUT2D eigenvalue weighted by Crippen LogP contribution is -2.56. The van der Waals surface area contributed by atoms with E-state index in [2.05, 4.69) is 10.6 Å². The van der Waals surface area contributed by atoms with Crippen LogP contribution in [0.25, 0.3) is 0 Å². The van der Waals surface area contributed by atoms with Crippen LogP contribution < -0.4 is 10.6 Å². The van der Waals surface area contributed by atoms with Crippen molar-refractivity contribution >= 4 is 29.8 Å². The van der Waals surface area contributed by atoms with Crippen LogP contribution in [-0.4, -0.2) is 81.5 Å². The quantitative estimate of drug-likeness (QED) is 0.485. The van der Waals surface area contributed by atoms with Crippen LogP contribution >= 0.6 is 0 Å². The molecule has 1 saturated carbocycles. The van der Waals surface area contributed by atoms with E-state index in [-0.39, 0.29) is 30.7 Å². The summed E-state index contributed by atoms with van der Waals surface area (Å²) < 4.78 is 5.88. The first-order valence-corrected chi connectivity index (χ1v) is 15.8. The fourth-order valence-electron chi connectivity index (χ4n) is 6.76. The van der Waals surface area contributed by atoms with E-state index >= 15 is 0 Å². The van der Waals surface area contributed by atoms with E-state index in [1.54, 1.807) is 18.7 Å². The zero-order valence-corrected chi connectivity index (χ0v) is 25.2. The molecule has 43 heavy (non-hydrogen) atoms. The lowest BCUT2D eigenvalue weighted by molar-refractivity contribution is -0.146. The first kappa shape index (κ1) is 30.8. The van der Waals surface area contributed by atoms with Gasteiger partial charge in [-0.05, 0) is 42.7 Å². The first-order valence-electron chi connectivity index (χ1n) is 15.8.